The highest BCUT2D eigenvalue weighted by Crippen LogP contribution is 2.19. The quantitative estimate of drug-likeness (QED) is 0.603. The van der Waals surface area contributed by atoms with E-state index in [4.69, 9.17) is 4.42 Å². The average Bonchev–Trinajstić information content (AvgIpc) is 3.23. The minimum Gasteiger partial charge on any atom is -0.444 e. The van der Waals surface area contributed by atoms with Crippen molar-refractivity contribution in [1.29, 1.82) is 0 Å². The molecule has 0 amide bonds. The van der Waals surface area contributed by atoms with Crippen LogP contribution in [0.1, 0.15) is 11.5 Å². The van der Waals surface area contributed by atoms with E-state index in [2.05, 4.69) is 25.6 Å². The van der Waals surface area contributed by atoms with Crippen LogP contribution in [-0.4, -0.2) is 31.3 Å². The number of nitrogens with one attached hydrogen (secondary N) is 1. The van der Waals surface area contributed by atoms with Gasteiger partial charge in [-0.25, -0.2) is 9.37 Å². The van der Waals surface area contributed by atoms with E-state index in [1.807, 2.05) is 19.1 Å². The molecule has 25 heavy (non-hydrogen) atoms. The predicted octanol–water partition coefficient (Wildman–Crippen LogP) is 2.88. The fraction of sp³-hybridized carbons (Fsp3) is 0.176. The fourth-order valence-corrected chi connectivity index (χ4v) is 2.46. The monoisotopic (exact) mass is 338 g/mol. The normalized spacial score (nSPS) is 11.1. The van der Waals surface area contributed by atoms with Crippen molar-refractivity contribution in [1.82, 2.24) is 24.8 Å². The van der Waals surface area contributed by atoms with Crippen molar-refractivity contribution in [2.75, 3.05) is 11.9 Å². The Morgan fingerprint density at radius 2 is 1.96 bits per heavy atom. The van der Waals surface area contributed by atoms with Gasteiger partial charge in [-0.05, 0) is 43.3 Å². The van der Waals surface area contributed by atoms with E-state index in [1.54, 1.807) is 22.9 Å². The van der Waals surface area contributed by atoms with Crippen molar-refractivity contribution in [3.8, 4) is 11.5 Å². The van der Waals surface area contributed by atoms with Crippen LogP contribution in [0.2, 0.25) is 0 Å². The highest BCUT2D eigenvalue weighted by Gasteiger charge is 2.07. The lowest BCUT2D eigenvalue weighted by molar-refractivity contribution is 0.572. The van der Waals surface area contributed by atoms with Crippen LogP contribution in [0.4, 0.5) is 10.2 Å². The van der Waals surface area contributed by atoms with Crippen molar-refractivity contribution in [2.45, 2.75) is 13.3 Å². The molecule has 0 aliphatic rings. The fourth-order valence-electron chi connectivity index (χ4n) is 2.46. The maximum atomic E-state index is 13.0. The smallest absolute Gasteiger partial charge is 0.226 e. The Kier molecular flexibility index (Phi) is 3.85. The minimum atomic E-state index is -0.285. The highest BCUT2D eigenvalue weighted by atomic mass is 19.1. The molecule has 126 valence electrons. The molecule has 3 aromatic heterocycles. The molecule has 0 bridgehead atoms. The van der Waals surface area contributed by atoms with Gasteiger partial charge in [-0.2, -0.15) is 4.52 Å². The molecule has 7 nitrogen and oxygen atoms in total. The summed E-state index contributed by atoms with van der Waals surface area (Å²) < 4.78 is 20.1. The second-order valence-electron chi connectivity index (χ2n) is 5.56. The Balaban J connectivity index is 1.39. The van der Waals surface area contributed by atoms with Gasteiger partial charge in [-0.15, -0.1) is 15.3 Å². The largest absolute Gasteiger partial charge is 0.444 e. The number of hydrogen-bond donors (Lipinski definition) is 1. The number of benzene rings is 1. The predicted molar refractivity (Wildman–Crippen MR) is 89.6 cm³/mol. The second kappa shape index (κ2) is 6.31. The molecule has 1 aromatic carbocycles. The topological polar surface area (TPSA) is 81.1 Å². The van der Waals surface area contributed by atoms with Crippen LogP contribution >= 0.6 is 0 Å². The maximum Gasteiger partial charge on any atom is 0.226 e. The number of oxazole rings is 1. The van der Waals surface area contributed by atoms with Gasteiger partial charge in [0.05, 0.1) is 5.69 Å². The minimum absolute atomic E-state index is 0.285. The third-order valence-corrected chi connectivity index (χ3v) is 3.75. The molecule has 8 heteroatoms. The van der Waals surface area contributed by atoms with Gasteiger partial charge < -0.3 is 9.73 Å². The summed E-state index contributed by atoms with van der Waals surface area (Å²) in [7, 11) is 0. The molecule has 0 aliphatic heterocycles. The zero-order chi connectivity index (χ0) is 17.2. The van der Waals surface area contributed by atoms with Crippen molar-refractivity contribution in [3.63, 3.8) is 0 Å². The molecule has 0 aliphatic carbocycles. The van der Waals surface area contributed by atoms with Crippen molar-refractivity contribution >= 4 is 11.5 Å². The van der Waals surface area contributed by atoms with Gasteiger partial charge in [-0.1, -0.05) is 0 Å². The van der Waals surface area contributed by atoms with Gasteiger partial charge in [0.2, 0.25) is 5.89 Å². The lowest BCUT2D eigenvalue weighted by Gasteiger charge is -2.04. The van der Waals surface area contributed by atoms with E-state index in [0.717, 1.165) is 22.9 Å². The van der Waals surface area contributed by atoms with Crippen LogP contribution in [0, 0.1) is 12.7 Å². The van der Waals surface area contributed by atoms with Crippen LogP contribution in [0.25, 0.3) is 17.1 Å². The van der Waals surface area contributed by atoms with Crippen LogP contribution < -0.4 is 5.32 Å². The van der Waals surface area contributed by atoms with E-state index < -0.39 is 0 Å². The summed E-state index contributed by atoms with van der Waals surface area (Å²) in [6.07, 6.45) is 2.28. The molecule has 0 radical (unpaired) electrons. The van der Waals surface area contributed by atoms with E-state index >= 15 is 0 Å². The summed E-state index contributed by atoms with van der Waals surface area (Å²) in [4.78, 5) is 4.42. The summed E-state index contributed by atoms with van der Waals surface area (Å²) in [6, 6.07) is 9.77. The molecule has 0 saturated carbocycles. The van der Waals surface area contributed by atoms with Crippen molar-refractivity contribution in [2.24, 2.45) is 0 Å². The number of nitrogens with zero attached hydrogens (tertiary/aromatic N) is 5. The first-order valence-electron chi connectivity index (χ1n) is 7.82. The molecule has 0 spiro atoms. The first-order chi connectivity index (χ1) is 12.2. The van der Waals surface area contributed by atoms with Gasteiger partial charge in [0, 0.05) is 18.5 Å². The standard InChI is InChI=1S/C17H15FN6O/c1-11-21-22-16-7-6-15(23-24(11)16)19-9-8-14-10-25-17(20-14)12-2-4-13(18)5-3-12/h2-7,10H,8-9H2,1H3,(H,19,23). The van der Waals surface area contributed by atoms with Crippen molar-refractivity contribution in [3.05, 3.63) is 60.0 Å². The molecule has 4 rings (SSSR count). The molecule has 0 unspecified atom stereocenters. The van der Waals surface area contributed by atoms with E-state index in [9.17, 15) is 4.39 Å². The molecule has 3 heterocycles. The van der Waals surface area contributed by atoms with E-state index in [1.165, 1.54) is 12.1 Å². The summed E-state index contributed by atoms with van der Waals surface area (Å²) in [5.41, 5.74) is 2.27. The van der Waals surface area contributed by atoms with E-state index in [0.29, 0.717) is 24.5 Å². The van der Waals surface area contributed by atoms with Gasteiger partial charge in [0.25, 0.3) is 0 Å². The Hall–Kier alpha value is -3.29. The second-order valence-corrected chi connectivity index (χ2v) is 5.56. The maximum absolute atomic E-state index is 13.0. The zero-order valence-electron chi connectivity index (χ0n) is 13.5. The third-order valence-electron chi connectivity index (χ3n) is 3.75. The van der Waals surface area contributed by atoms with E-state index in [-0.39, 0.29) is 5.82 Å². The first kappa shape index (κ1) is 15.3. The number of anilines is 1. The number of aromatic nitrogens is 5. The summed E-state index contributed by atoms with van der Waals surface area (Å²) in [6.45, 7) is 2.50. The Morgan fingerprint density at radius 3 is 2.80 bits per heavy atom. The SMILES string of the molecule is Cc1nnc2ccc(NCCc3coc(-c4ccc(F)cc4)n3)nn12. The molecule has 0 fully saturated rings. The Morgan fingerprint density at radius 1 is 1.12 bits per heavy atom. The van der Waals surface area contributed by atoms with Crippen LogP contribution in [0.15, 0.2) is 47.1 Å². The Labute approximate surface area is 142 Å². The zero-order valence-corrected chi connectivity index (χ0v) is 13.5. The average molecular weight is 338 g/mol. The summed E-state index contributed by atoms with van der Waals surface area (Å²) in [5.74, 6) is 1.67. The molecular weight excluding hydrogens is 323 g/mol. The van der Waals surface area contributed by atoms with Crippen molar-refractivity contribution < 1.29 is 8.81 Å². The Bertz CT molecular complexity index is 1010. The number of fused-ring (bicyclic) bond motifs is 1. The van der Waals surface area contributed by atoms with Gasteiger partial charge in [-0.3, -0.25) is 0 Å². The lowest BCUT2D eigenvalue weighted by Crippen LogP contribution is -2.08. The van der Waals surface area contributed by atoms with Gasteiger partial charge in [0.1, 0.15) is 17.9 Å². The van der Waals surface area contributed by atoms with Gasteiger partial charge in [0.15, 0.2) is 11.5 Å². The number of hydrogen-bond acceptors (Lipinski definition) is 6. The molecule has 0 atom stereocenters. The highest BCUT2D eigenvalue weighted by molar-refractivity contribution is 5.52. The van der Waals surface area contributed by atoms with Gasteiger partial charge >= 0.3 is 0 Å². The number of aryl methyl sites for hydroxylation is 1. The van der Waals surface area contributed by atoms with Crippen LogP contribution in [-0.2, 0) is 6.42 Å². The van der Waals surface area contributed by atoms with Crippen LogP contribution in [0.5, 0.6) is 0 Å². The third kappa shape index (κ3) is 3.18. The first-order valence-corrected chi connectivity index (χ1v) is 7.82. The molecular formula is C17H15FN6O. The molecule has 0 saturated heterocycles. The summed E-state index contributed by atoms with van der Waals surface area (Å²) >= 11 is 0. The molecule has 1 N–H and O–H groups in total. The van der Waals surface area contributed by atoms with Crippen LogP contribution in [0.3, 0.4) is 0 Å². The number of halogens is 1. The number of rotatable bonds is 5. The lowest BCUT2D eigenvalue weighted by atomic mass is 10.2. The summed E-state index contributed by atoms with van der Waals surface area (Å²) in [5, 5.41) is 15.6. The molecule has 4 aromatic rings.